The van der Waals surface area contributed by atoms with Crippen LogP contribution in [0.4, 0.5) is 0 Å². The summed E-state index contributed by atoms with van der Waals surface area (Å²) in [6, 6.07) is 13.3. The number of nitriles is 1. The first-order valence-corrected chi connectivity index (χ1v) is 8.25. The molecule has 3 nitrogen and oxygen atoms in total. The first kappa shape index (κ1) is 18.2. The van der Waals surface area contributed by atoms with E-state index >= 15 is 0 Å². The molecule has 0 atom stereocenters. The first-order chi connectivity index (χ1) is 11.3. The van der Waals surface area contributed by atoms with E-state index in [-0.39, 0.29) is 5.41 Å². The van der Waals surface area contributed by atoms with Crippen LogP contribution in [0, 0.1) is 18.3 Å². The molecule has 0 saturated carbocycles. The highest BCUT2D eigenvalue weighted by Crippen LogP contribution is 2.32. The highest BCUT2D eigenvalue weighted by Gasteiger charge is 2.19. The van der Waals surface area contributed by atoms with Crippen molar-refractivity contribution in [3.63, 3.8) is 0 Å². The van der Waals surface area contributed by atoms with Crippen LogP contribution in [0.5, 0.6) is 11.5 Å². The zero-order valence-corrected chi connectivity index (χ0v) is 15.3. The lowest BCUT2D eigenvalue weighted by Crippen LogP contribution is -2.16. The minimum atomic E-state index is 0.00798. The summed E-state index contributed by atoms with van der Waals surface area (Å²) >= 11 is 5.88. The number of halogens is 1. The molecule has 2 aromatic rings. The summed E-state index contributed by atoms with van der Waals surface area (Å²) < 4.78 is 11.6. The van der Waals surface area contributed by atoms with Gasteiger partial charge in [-0.05, 0) is 47.7 Å². The Hall–Kier alpha value is -2.18. The molecule has 0 N–H and O–H groups in total. The Morgan fingerprint density at radius 3 is 2.29 bits per heavy atom. The maximum atomic E-state index is 9.11. The van der Waals surface area contributed by atoms with E-state index < -0.39 is 0 Å². The number of hydrogen-bond donors (Lipinski definition) is 0. The monoisotopic (exact) mass is 343 g/mol. The standard InChI is InChI=1S/C20H22ClNO2/c1-14-5-7-17(20(2,3)4)19(11-14)24-10-9-23-18-8-6-16(21)12-15(18)13-22/h5-8,11-12H,9-10H2,1-4H3. The van der Waals surface area contributed by atoms with Gasteiger partial charge in [0.05, 0.1) is 5.56 Å². The summed E-state index contributed by atoms with van der Waals surface area (Å²) in [7, 11) is 0. The molecule has 0 aliphatic heterocycles. The van der Waals surface area contributed by atoms with Crippen LogP contribution < -0.4 is 9.47 Å². The van der Waals surface area contributed by atoms with Crippen molar-refractivity contribution in [3.8, 4) is 17.6 Å². The van der Waals surface area contributed by atoms with Gasteiger partial charge in [-0.25, -0.2) is 0 Å². The van der Waals surface area contributed by atoms with Gasteiger partial charge in [0.15, 0.2) is 0 Å². The Balaban J connectivity index is 2.01. The van der Waals surface area contributed by atoms with Crippen molar-refractivity contribution in [1.29, 1.82) is 5.26 Å². The van der Waals surface area contributed by atoms with Gasteiger partial charge in [-0.1, -0.05) is 44.5 Å². The van der Waals surface area contributed by atoms with Gasteiger partial charge >= 0.3 is 0 Å². The van der Waals surface area contributed by atoms with Crippen molar-refractivity contribution in [2.24, 2.45) is 0 Å². The zero-order valence-electron chi connectivity index (χ0n) is 14.5. The molecule has 0 spiro atoms. The van der Waals surface area contributed by atoms with E-state index in [4.69, 9.17) is 26.3 Å². The van der Waals surface area contributed by atoms with E-state index in [1.54, 1.807) is 18.2 Å². The van der Waals surface area contributed by atoms with Crippen LogP contribution in [0.3, 0.4) is 0 Å². The zero-order chi connectivity index (χ0) is 17.7. The molecule has 0 fully saturated rings. The molecule has 0 saturated heterocycles. The van der Waals surface area contributed by atoms with Crippen molar-refractivity contribution in [3.05, 3.63) is 58.1 Å². The van der Waals surface area contributed by atoms with Gasteiger partial charge in [0, 0.05) is 5.02 Å². The largest absolute Gasteiger partial charge is 0.490 e. The first-order valence-electron chi connectivity index (χ1n) is 7.87. The normalized spacial score (nSPS) is 11.0. The molecule has 2 rings (SSSR count). The van der Waals surface area contributed by atoms with E-state index in [2.05, 4.69) is 39.0 Å². The SMILES string of the molecule is Cc1ccc(C(C)(C)C)c(OCCOc2ccc(Cl)cc2C#N)c1. The average molecular weight is 344 g/mol. The van der Waals surface area contributed by atoms with Crippen LogP contribution in [0.2, 0.25) is 5.02 Å². The maximum Gasteiger partial charge on any atom is 0.137 e. The summed E-state index contributed by atoms with van der Waals surface area (Å²) in [4.78, 5) is 0. The fourth-order valence-electron chi connectivity index (χ4n) is 2.39. The maximum absolute atomic E-state index is 9.11. The van der Waals surface area contributed by atoms with E-state index in [1.807, 2.05) is 13.0 Å². The van der Waals surface area contributed by atoms with E-state index in [0.717, 1.165) is 16.9 Å². The molecule has 0 aliphatic carbocycles. The molecular weight excluding hydrogens is 322 g/mol. The Kier molecular flexibility index (Phi) is 5.75. The van der Waals surface area contributed by atoms with Gasteiger partial charge < -0.3 is 9.47 Å². The average Bonchev–Trinajstić information content (AvgIpc) is 2.51. The third-order valence-electron chi connectivity index (χ3n) is 3.61. The van der Waals surface area contributed by atoms with E-state index in [1.165, 1.54) is 0 Å². The Bertz CT molecular complexity index is 757. The van der Waals surface area contributed by atoms with Gasteiger partial charge in [0.1, 0.15) is 30.8 Å². The van der Waals surface area contributed by atoms with Crippen LogP contribution in [0.25, 0.3) is 0 Å². The fraction of sp³-hybridized carbons (Fsp3) is 0.350. The van der Waals surface area contributed by atoms with Crippen molar-refractivity contribution in [2.75, 3.05) is 13.2 Å². The molecule has 2 aromatic carbocycles. The van der Waals surface area contributed by atoms with Crippen LogP contribution in [0.15, 0.2) is 36.4 Å². The molecule has 0 aromatic heterocycles. The number of aryl methyl sites for hydroxylation is 1. The van der Waals surface area contributed by atoms with E-state index in [0.29, 0.717) is 29.5 Å². The molecule has 0 aliphatic rings. The molecule has 0 amide bonds. The highest BCUT2D eigenvalue weighted by molar-refractivity contribution is 6.30. The number of ether oxygens (including phenoxy) is 2. The minimum Gasteiger partial charge on any atom is -0.490 e. The predicted molar refractivity (Wildman–Crippen MR) is 97.0 cm³/mol. The number of nitrogens with zero attached hydrogens (tertiary/aromatic N) is 1. The van der Waals surface area contributed by atoms with Crippen LogP contribution in [-0.2, 0) is 5.41 Å². The molecular formula is C20H22ClNO2. The molecule has 0 heterocycles. The molecule has 4 heteroatoms. The van der Waals surface area contributed by atoms with Crippen molar-refractivity contribution in [1.82, 2.24) is 0 Å². The summed E-state index contributed by atoms with van der Waals surface area (Å²) in [6.07, 6.45) is 0. The summed E-state index contributed by atoms with van der Waals surface area (Å²) in [5, 5.41) is 9.63. The lowest BCUT2D eigenvalue weighted by molar-refractivity contribution is 0.214. The minimum absolute atomic E-state index is 0.00798. The molecule has 0 bridgehead atoms. The summed E-state index contributed by atoms with van der Waals surface area (Å²) in [5.41, 5.74) is 2.75. The lowest BCUT2D eigenvalue weighted by atomic mass is 9.86. The third-order valence-corrected chi connectivity index (χ3v) is 3.84. The Morgan fingerprint density at radius 1 is 1.00 bits per heavy atom. The van der Waals surface area contributed by atoms with Gasteiger partial charge in [0.2, 0.25) is 0 Å². The Morgan fingerprint density at radius 2 is 1.67 bits per heavy atom. The highest BCUT2D eigenvalue weighted by atomic mass is 35.5. The smallest absolute Gasteiger partial charge is 0.137 e. The molecule has 24 heavy (non-hydrogen) atoms. The summed E-state index contributed by atoms with van der Waals surface area (Å²) in [6.45, 7) is 9.28. The number of benzene rings is 2. The quantitative estimate of drug-likeness (QED) is 0.694. The van der Waals surface area contributed by atoms with Gasteiger partial charge in [0.25, 0.3) is 0 Å². The van der Waals surface area contributed by atoms with Crippen LogP contribution in [-0.4, -0.2) is 13.2 Å². The molecule has 126 valence electrons. The third kappa shape index (κ3) is 4.66. The van der Waals surface area contributed by atoms with Crippen molar-refractivity contribution in [2.45, 2.75) is 33.1 Å². The van der Waals surface area contributed by atoms with Gasteiger partial charge in [-0.2, -0.15) is 5.26 Å². The Labute approximate surface area is 148 Å². The fourth-order valence-corrected chi connectivity index (χ4v) is 2.56. The van der Waals surface area contributed by atoms with E-state index in [9.17, 15) is 0 Å². The summed E-state index contributed by atoms with van der Waals surface area (Å²) in [5.74, 6) is 1.40. The second-order valence-electron chi connectivity index (χ2n) is 6.70. The number of rotatable bonds is 5. The lowest BCUT2D eigenvalue weighted by Gasteiger charge is -2.23. The second kappa shape index (κ2) is 7.59. The van der Waals surface area contributed by atoms with Crippen molar-refractivity contribution >= 4 is 11.6 Å². The van der Waals surface area contributed by atoms with Gasteiger partial charge in [-0.3, -0.25) is 0 Å². The van der Waals surface area contributed by atoms with Crippen LogP contribution in [0.1, 0.15) is 37.5 Å². The number of hydrogen-bond acceptors (Lipinski definition) is 3. The topological polar surface area (TPSA) is 42.2 Å². The second-order valence-corrected chi connectivity index (χ2v) is 7.14. The van der Waals surface area contributed by atoms with Crippen molar-refractivity contribution < 1.29 is 9.47 Å². The predicted octanol–water partition coefficient (Wildman–Crippen LogP) is 5.28. The van der Waals surface area contributed by atoms with Gasteiger partial charge in [-0.15, -0.1) is 0 Å². The molecule has 0 unspecified atom stereocenters. The van der Waals surface area contributed by atoms with Crippen LogP contribution >= 0.6 is 11.6 Å². The molecule has 0 radical (unpaired) electrons.